The molecule has 3 heterocycles. The molecular formula is C117H89BBrN2O4-. The molecule has 0 spiro atoms. The highest BCUT2D eigenvalue weighted by molar-refractivity contribution is 9.10. The van der Waals surface area contributed by atoms with Crippen molar-refractivity contribution < 1.29 is 18.1 Å². The van der Waals surface area contributed by atoms with Crippen molar-refractivity contribution in [2.45, 2.75) is 49.7 Å². The van der Waals surface area contributed by atoms with Crippen LogP contribution in [0.3, 0.4) is 0 Å². The first-order valence-corrected chi connectivity index (χ1v) is 43.3. The summed E-state index contributed by atoms with van der Waals surface area (Å²) in [5.74, 6) is 0. The second kappa shape index (κ2) is 32.8. The fourth-order valence-electron chi connectivity index (χ4n) is 19.2. The minimum absolute atomic E-state index is 0. The monoisotopic (exact) mass is 1680 g/mol. The van der Waals surface area contributed by atoms with Crippen LogP contribution in [0, 0.1) is 7.43 Å². The van der Waals surface area contributed by atoms with E-state index in [0.717, 1.165) is 99.1 Å². The Bertz CT molecular complexity index is 7160. The van der Waals surface area contributed by atoms with E-state index in [9.17, 15) is 0 Å². The molecule has 1 saturated heterocycles. The van der Waals surface area contributed by atoms with Gasteiger partial charge in [0.2, 0.25) is 0 Å². The van der Waals surface area contributed by atoms with Crippen LogP contribution in [0.25, 0.3) is 99.5 Å². The van der Waals surface area contributed by atoms with Crippen LogP contribution in [0.15, 0.2) is 462 Å². The highest BCUT2D eigenvalue weighted by Crippen LogP contribution is 2.60. The third kappa shape index (κ3) is 13.9. The predicted octanol–water partition coefficient (Wildman–Crippen LogP) is 31.0. The molecule has 602 valence electrons. The van der Waals surface area contributed by atoms with Crippen molar-refractivity contribution in [1.82, 2.24) is 0 Å². The smallest absolute Gasteiger partial charge is 0.456 e. The number of rotatable bonds is 14. The van der Waals surface area contributed by atoms with Gasteiger partial charge in [0.05, 0.1) is 22.0 Å². The summed E-state index contributed by atoms with van der Waals surface area (Å²) in [4.78, 5) is 4.58. The number of fused-ring (bicyclic) bond motifs is 12. The van der Waals surface area contributed by atoms with Gasteiger partial charge in [0.1, 0.15) is 22.3 Å². The Morgan fingerprint density at radius 1 is 0.240 bits per heavy atom. The van der Waals surface area contributed by atoms with Crippen LogP contribution < -0.4 is 15.3 Å². The second-order valence-corrected chi connectivity index (χ2v) is 34.1. The molecule has 0 atom stereocenters. The van der Waals surface area contributed by atoms with E-state index in [2.05, 4.69) is 490 Å². The van der Waals surface area contributed by atoms with Crippen LogP contribution in [0.5, 0.6) is 0 Å². The van der Waals surface area contributed by atoms with Crippen LogP contribution in [-0.4, -0.2) is 18.3 Å². The van der Waals surface area contributed by atoms with Crippen molar-refractivity contribution >= 4 is 107 Å². The third-order valence-corrected chi connectivity index (χ3v) is 26.2. The summed E-state index contributed by atoms with van der Waals surface area (Å²) in [6.45, 7) is 8.34. The number of furan rings is 2. The van der Waals surface area contributed by atoms with E-state index in [1.54, 1.807) is 0 Å². The minimum atomic E-state index is -0.496. The molecule has 1 aliphatic heterocycles. The first kappa shape index (κ1) is 79.1. The van der Waals surface area contributed by atoms with Gasteiger partial charge in [0, 0.05) is 71.2 Å². The molecule has 20 aromatic rings. The first-order chi connectivity index (χ1) is 60.9. The quantitative estimate of drug-likeness (QED) is 0.0799. The fraction of sp³-hybridized carbons (Fsp3) is 0.0684. The van der Waals surface area contributed by atoms with Crippen molar-refractivity contribution in [3.63, 3.8) is 0 Å². The van der Waals surface area contributed by atoms with Gasteiger partial charge in [-0.05, 0) is 231 Å². The van der Waals surface area contributed by atoms with Gasteiger partial charge < -0.3 is 35.4 Å². The van der Waals surface area contributed by atoms with E-state index < -0.39 is 29.2 Å². The first-order valence-electron chi connectivity index (χ1n) is 42.5. The number of benzene rings is 18. The zero-order chi connectivity index (χ0) is 83.5. The highest BCUT2D eigenvalue weighted by Gasteiger charge is 2.53. The van der Waals surface area contributed by atoms with Crippen LogP contribution >= 0.6 is 15.9 Å². The Labute approximate surface area is 739 Å². The Hall–Kier alpha value is -14.4. The van der Waals surface area contributed by atoms with Gasteiger partial charge in [-0.3, -0.25) is 0 Å². The van der Waals surface area contributed by atoms with E-state index in [1.165, 1.54) is 89.0 Å². The summed E-state index contributed by atoms with van der Waals surface area (Å²) in [6.07, 6.45) is 0. The predicted molar refractivity (Wildman–Crippen MR) is 524 cm³/mol. The number of halogens is 1. The summed E-state index contributed by atoms with van der Waals surface area (Å²) in [6, 6.07) is 160. The van der Waals surface area contributed by atoms with Crippen molar-refractivity contribution in [2.24, 2.45) is 0 Å². The van der Waals surface area contributed by atoms with Crippen LogP contribution in [-0.2, 0) is 20.1 Å². The molecule has 2 aliphatic carbocycles. The molecule has 0 N–H and O–H groups in total. The van der Waals surface area contributed by atoms with Gasteiger partial charge in [-0.15, -0.1) is 0 Å². The van der Waals surface area contributed by atoms with Crippen molar-refractivity contribution in [3.8, 4) is 55.6 Å². The average molecular weight is 1680 g/mol. The second-order valence-electron chi connectivity index (χ2n) is 33.2. The standard InChI is InChI=1S/C55H37NO.C37H31BO3.C24H18BrN.CH3/c1-5-16-38(17-6-1)39-28-32-44(33-29-39)56(43-22-11-4-12-23-43)45-34-30-40(31-35-45)46-25-15-26-48-50-36-49-47-24-13-14-27-51(47)55(41-18-7-2-8-19-41,42-20-9-3-10-21-42)52(49)37-53(50)57-54(46)48;1-35(2)36(3,4)41-38(40-35)32-21-13-19-27-29-22-28-26-18-11-12-20-30(26)37(24-14-7-5-8-15-24,25-16-9-6-10-17-25)31(28)23-33(29)39-34(27)32;25-21-13-17-24(18-14-21)26(22-9-5-2-6-10-22)23-15-11-20(12-16-23)19-7-3-1-4-8-19;/h1-37H;5-23H,1-4H3;1-18H;1H3/q;;;-1. The molecule has 18 aromatic carbocycles. The van der Waals surface area contributed by atoms with E-state index in [4.69, 9.17) is 18.1 Å². The van der Waals surface area contributed by atoms with Gasteiger partial charge in [-0.1, -0.05) is 356 Å². The molecule has 0 saturated carbocycles. The highest BCUT2D eigenvalue weighted by atomic mass is 79.9. The average Bonchev–Trinajstić information content (AvgIpc) is 1.53. The molecule has 6 nitrogen and oxygen atoms in total. The molecule has 3 aliphatic rings. The molecule has 0 bridgehead atoms. The molecular weight excluding hydrogens is 1590 g/mol. The lowest BCUT2D eigenvalue weighted by atomic mass is 9.67. The SMILES string of the molecule is Brc1ccc(N(c2ccccc2)c2ccc(-c3ccccc3)cc2)cc1.CC1(C)OB(c2cccc3c2oc2cc4c(cc23)-c2ccccc2C4(c2ccccc2)c2ccccc2)OC1(C)C.[CH3-].c1ccc(-c2ccc(N(c3ccccc3)c3ccc(-c4cccc5c4oc4cc6c(cc45)-c4ccccc4C6(c4ccccc4)c4ccccc4)cc3)cc2)cc1. The van der Waals surface area contributed by atoms with Gasteiger partial charge in [-0.2, -0.15) is 0 Å². The number of para-hydroxylation sites is 4. The number of nitrogens with zero attached hydrogens (tertiary/aromatic N) is 2. The number of hydrogen-bond acceptors (Lipinski definition) is 6. The lowest BCUT2D eigenvalue weighted by Crippen LogP contribution is -2.41. The minimum Gasteiger partial charge on any atom is -0.456 e. The summed E-state index contributed by atoms with van der Waals surface area (Å²) < 4.78 is 27.7. The summed E-state index contributed by atoms with van der Waals surface area (Å²) in [5.41, 5.74) is 31.4. The van der Waals surface area contributed by atoms with Crippen LogP contribution in [0.1, 0.15) is 72.2 Å². The Morgan fingerprint density at radius 2 is 0.536 bits per heavy atom. The topological polar surface area (TPSA) is 51.2 Å². The van der Waals surface area contributed by atoms with Crippen LogP contribution in [0.2, 0.25) is 0 Å². The number of hydrogen-bond donors (Lipinski definition) is 0. The van der Waals surface area contributed by atoms with Gasteiger partial charge in [0.25, 0.3) is 0 Å². The molecule has 0 unspecified atom stereocenters. The summed E-state index contributed by atoms with van der Waals surface area (Å²) in [5, 5.41) is 4.42. The zero-order valence-electron chi connectivity index (χ0n) is 70.2. The van der Waals surface area contributed by atoms with Crippen molar-refractivity contribution in [2.75, 3.05) is 9.80 Å². The van der Waals surface area contributed by atoms with E-state index >= 15 is 0 Å². The van der Waals surface area contributed by atoms with Crippen molar-refractivity contribution in [3.05, 3.63) is 505 Å². The van der Waals surface area contributed by atoms with E-state index in [-0.39, 0.29) is 7.43 Å². The van der Waals surface area contributed by atoms with Crippen LogP contribution in [0.4, 0.5) is 34.1 Å². The Balaban J connectivity index is 0.000000127. The molecule has 8 heteroatoms. The van der Waals surface area contributed by atoms with Crippen molar-refractivity contribution in [1.29, 1.82) is 0 Å². The maximum atomic E-state index is 6.98. The van der Waals surface area contributed by atoms with Gasteiger partial charge >= 0.3 is 7.12 Å². The van der Waals surface area contributed by atoms with Gasteiger partial charge in [-0.25, -0.2) is 0 Å². The maximum Gasteiger partial charge on any atom is 0.498 e. The van der Waals surface area contributed by atoms with E-state index in [0.29, 0.717) is 0 Å². The maximum absolute atomic E-state index is 6.98. The largest absolute Gasteiger partial charge is 0.498 e. The molecule has 23 rings (SSSR count). The normalized spacial score (nSPS) is 13.9. The summed E-state index contributed by atoms with van der Waals surface area (Å²) >= 11 is 3.52. The lowest BCUT2D eigenvalue weighted by molar-refractivity contribution is 0.00578. The Morgan fingerprint density at radius 3 is 0.928 bits per heavy atom. The molecule has 0 radical (unpaired) electrons. The number of anilines is 6. The lowest BCUT2D eigenvalue weighted by Gasteiger charge is -2.33. The molecule has 2 aromatic heterocycles. The summed E-state index contributed by atoms with van der Waals surface area (Å²) in [7, 11) is -0.496. The Kier molecular flexibility index (Phi) is 20.8. The van der Waals surface area contributed by atoms with E-state index in [1.807, 2.05) is 12.1 Å². The molecule has 1 fully saturated rings. The zero-order valence-corrected chi connectivity index (χ0v) is 71.8. The third-order valence-electron chi connectivity index (χ3n) is 25.7. The fourth-order valence-corrected chi connectivity index (χ4v) is 19.4. The molecule has 0 amide bonds. The van der Waals surface area contributed by atoms with Gasteiger partial charge in [0.15, 0.2) is 0 Å². The molecule has 125 heavy (non-hydrogen) atoms.